The van der Waals surface area contributed by atoms with Gasteiger partial charge in [0.1, 0.15) is 17.6 Å². The van der Waals surface area contributed by atoms with Gasteiger partial charge in [-0.05, 0) is 19.4 Å². The monoisotopic (exact) mass is 269 g/mol. The summed E-state index contributed by atoms with van der Waals surface area (Å²) >= 11 is 0. The van der Waals surface area contributed by atoms with E-state index < -0.39 is 21.1 Å². The van der Waals surface area contributed by atoms with Crippen molar-refractivity contribution in [1.29, 1.82) is 0 Å². The van der Waals surface area contributed by atoms with E-state index in [1.54, 1.807) is 6.92 Å². The van der Waals surface area contributed by atoms with E-state index in [4.69, 9.17) is 10.5 Å². The first-order chi connectivity index (χ1) is 8.48. The van der Waals surface area contributed by atoms with Crippen molar-refractivity contribution in [2.75, 3.05) is 6.61 Å². The number of hydrogen-bond donors (Lipinski definition) is 1. The minimum Gasteiger partial charge on any atom is -0.492 e. The number of para-hydroxylation sites is 1. The molecule has 1 aromatic rings. The highest BCUT2D eigenvalue weighted by Gasteiger charge is 2.39. The highest BCUT2D eigenvalue weighted by Crippen LogP contribution is 2.34. The fourth-order valence-electron chi connectivity index (χ4n) is 2.19. The first kappa shape index (κ1) is 13.4. The maximum absolute atomic E-state index is 12.4. The molecule has 0 radical (unpaired) electrons. The highest BCUT2D eigenvalue weighted by atomic mass is 32.2. The Morgan fingerprint density at radius 2 is 2.11 bits per heavy atom. The maximum atomic E-state index is 12.4. The Morgan fingerprint density at radius 3 is 2.78 bits per heavy atom. The van der Waals surface area contributed by atoms with Crippen molar-refractivity contribution in [3.63, 3.8) is 0 Å². The number of rotatable bonds is 3. The molecule has 18 heavy (non-hydrogen) atoms. The van der Waals surface area contributed by atoms with E-state index in [1.807, 2.05) is 31.2 Å². The number of benzene rings is 1. The zero-order valence-electron chi connectivity index (χ0n) is 10.7. The Morgan fingerprint density at radius 1 is 1.44 bits per heavy atom. The lowest BCUT2D eigenvalue weighted by molar-refractivity contribution is 0.269. The first-order valence-electron chi connectivity index (χ1n) is 6.18. The smallest absolute Gasteiger partial charge is 0.160 e. The Bertz CT molecular complexity index is 527. The van der Waals surface area contributed by atoms with Gasteiger partial charge in [-0.3, -0.25) is 0 Å². The molecule has 1 aliphatic heterocycles. The van der Waals surface area contributed by atoms with E-state index in [-0.39, 0.29) is 11.9 Å². The summed E-state index contributed by atoms with van der Waals surface area (Å²) in [5, 5.41) is -1.04. The molecule has 5 heteroatoms. The Labute approximate surface area is 108 Å². The van der Waals surface area contributed by atoms with Crippen molar-refractivity contribution in [1.82, 2.24) is 0 Å². The fourth-order valence-corrected chi connectivity index (χ4v) is 4.07. The van der Waals surface area contributed by atoms with Gasteiger partial charge >= 0.3 is 0 Å². The van der Waals surface area contributed by atoms with Gasteiger partial charge in [0, 0.05) is 5.56 Å². The van der Waals surface area contributed by atoms with Crippen LogP contribution in [0.1, 0.15) is 31.9 Å². The molecule has 0 saturated heterocycles. The quantitative estimate of drug-likeness (QED) is 0.906. The Kier molecular flexibility index (Phi) is 3.64. The summed E-state index contributed by atoms with van der Waals surface area (Å²) < 4.78 is 30.3. The number of nitrogens with two attached hydrogens (primary N) is 1. The minimum absolute atomic E-state index is 0.144. The second-order valence-electron chi connectivity index (χ2n) is 4.72. The Balaban J connectivity index is 2.35. The standard InChI is InChI=1S/C13H19NO3S/c1-3-9(2)18(15,16)12-8-17-11-7-5-4-6-10(11)13(12)14/h4-7,9,12-13H,3,8,14H2,1-2H3. The highest BCUT2D eigenvalue weighted by molar-refractivity contribution is 7.92. The lowest BCUT2D eigenvalue weighted by Gasteiger charge is -2.32. The largest absolute Gasteiger partial charge is 0.492 e. The van der Waals surface area contributed by atoms with Crippen LogP contribution in [-0.4, -0.2) is 25.5 Å². The van der Waals surface area contributed by atoms with Gasteiger partial charge in [0.05, 0.1) is 11.3 Å². The number of hydrogen-bond acceptors (Lipinski definition) is 4. The summed E-state index contributed by atoms with van der Waals surface area (Å²) in [5.74, 6) is 0.695. The molecule has 0 fully saturated rings. The average Bonchev–Trinajstić information content (AvgIpc) is 2.38. The molecule has 3 unspecified atom stereocenters. The van der Waals surface area contributed by atoms with Crippen molar-refractivity contribution < 1.29 is 13.2 Å². The molecule has 2 N–H and O–H groups in total. The predicted molar refractivity (Wildman–Crippen MR) is 71.3 cm³/mol. The molecule has 4 nitrogen and oxygen atoms in total. The molecule has 0 aliphatic carbocycles. The van der Waals surface area contributed by atoms with Gasteiger partial charge in [0.2, 0.25) is 0 Å². The lowest BCUT2D eigenvalue weighted by atomic mass is 10.0. The molecule has 0 saturated carbocycles. The summed E-state index contributed by atoms with van der Waals surface area (Å²) in [4.78, 5) is 0. The molecular formula is C13H19NO3S. The molecule has 0 aromatic heterocycles. The van der Waals surface area contributed by atoms with Crippen molar-refractivity contribution in [3.05, 3.63) is 29.8 Å². The van der Waals surface area contributed by atoms with Gasteiger partial charge < -0.3 is 10.5 Å². The van der Waals surface area contributed by atoms with Crippen LogP contribution < -0.4 is 10.5 Å². The van der Waals surface area contributed by atoms with Crippen LogP contribution in [0.2, 0.25) is 0 Å². The van der Waals surface area contributed by atoms with Crippen LogP contribution in [0, 0.1) is 0 Å². The minimum atomic E-state index is -3.25. The third kappa shape index (κ3) is 2.12. The number of fused-ring (bicyclic) bond motifs is 1. The van der Waals surface area contributed by atoms with Crippen molar-refractivity contribution >= 4 is 9.84 Å². The molecule has 1 heterocycles. The van der Waals surface area contributed by atoms with E-state index >= 15 is 0 Å². The van der Waals surface area contributed by atoms with Crippen LogP contribution in [0.3, 0.4) is 0 Å². The van der Waals surface area contributed by atoms with Crippen LogP contribution in [0.15, 0.2) is 24.3 Å². The molecule has 3 atom stereocenters. The van der Waals surface area contributed by atoms with E-state index in [2.05, 4.69) is 0 Å². The third-order valence-electron chi connectivity index (χ3n) is 3.64. The third-order valence-corrected chi connectivity index (χ3v) is 6.37. The zero-order valence-corrected chi connectivity index (χ0v) is 11.5. The van der Waals surface area contributed by atoms with Gasteiger partial charge in [0.25, 0.3) is 0 Å². The summed E-state index contributed by atoms with van der Waals surface area (Å²) in [6, 6.07) is 6.85. The maximum Gasteiger partial charge on any atom is 0.160 e. The van der Waals surface area contributed by atoms with E-state index in [1.165, 1.54) is 0 Å². The van der Waals surface area contributed by atoms with Gasteiger partial charge in [-0.1, -0.05) is 25.1 Å². The Hall–Kier alpha value is -1.07. The number of ether oxygens (including phenoxy) is 1. The van der Waals surface area contributed by atoms with Crippen LogP contribution in [0.25, 0.3) is 0 Å². The summed E-state index contributed by atoms with van der Waals surface area (Å²) in [5.41, 5.74) is 6.89. The molecule has 0 bridgehead atoms. The zero-order chi connectivity index (χ0) is 13.3. The van der Waals surface area contributed by atoms with E-state index in [0.717, 1.165) is 5.56 Å². The topological polar surface area (TPSA) is 69.4 Å². The van der Waals surface area contributed by atoms with Gasteiger partial charge in [-0.2, -0.15) is 0 Å². The first-order valence-corrected chi connectivity index (χ1v) is 7.79. The van der Waals surface area contributed by atoms with Gasteiger partial charge in [-0.25, -0.2) is 8.42 Å². The molecule has 1 aliphatic rings. The molecule has 1 aromatic carbocycles. The second-order valence-corrected chi connectivity index (χ2v) is 7.31. The normalized spacial score (nSPS) is 25.1. The molecule has 0 amide bonds. The summed E-state index contributed by atoms with van der Waals surface area (Å²) in [7, 11) is -3.25. The van der Waals surface area contributed by atoms with Crippen molar-refractivity contribution in [3.8, 4) is 5.75 Å². The van der Waals surface area contributed by atoms with Crippen LogP contribution in [-0.2, 0) is 9.84 Å². The SMILES string of the molecule is CCC(C)S(=O)(=O)C1COc2ccccc2C1N. The summed E-state index contributed by atoms with van der Waals surface area (Å²) in [6.45, 7) is 3.73. The average molecular weight is 269 g/mol. The van der Waals surface area contributed by atoms with Crippen LogP contribution in [0.4, 0.5) is 0 Å². The lowest BCUT2D eigenvalue weighted by Crippen LogP contribution is -2.44. The molecular weight excluding hydrogens is 250 g/mol. The van der Waals surface area contributed by atoms with Crippen LogP contribution in [0.5, 0.6) is 5.75 Å². The van der Waals surface area contributed by atoms with E-state index in [0.29, 0.717) is 12.2 Å². The van der Waals surface area contributed by atoms with Gasteiger partial charge in [0.15, 0.2) is 9.84 Å². The van der Waals surface area contributed by atoms with Crippen molar-refractivity contribution in [2.45, 2.75) is 36.8 Å². The van der Waals surface area contributed by atoms with Crippen LogP contribution >= 0.6 is 0 Å². The molecule has 2 rings (SSSR count). The van der Waals surface area contributed by atoms with Crippen molar-refractivity contribution in [2.24, 2.45) is 5.73 Å². The fraction of sp³-hybridized carbons (Fsp3) is 0.538. The predicted octanol–water partition coefficient (Wildman–Crippen LogP) is 1.66. The van der Waals surface area contributed by atoms with Gasteiger partial charge in [-0.15, -0.1) is 0 Å². The second kappa shape index (κ2) is 4.90. The number of sulfone groups is 1. The molecule has 0 spiro atoms. The summed E-state index contributed by atoms with van der Waals surface area (Å²) in [6.07, 6.45) is 0.590. The molecule has 100 valence electrons. The van der Waals surface area contributed by atoms with E-state index in [9.17, 15) is 8.42 Å².